The molecule has 3 aromatic carbocycles. The Labute approximate surface area is 201 Å². The van der Waals surface area contributed by atoms with Crippen molar-refractivity contribution < 1.29 is 14.2 Å². The number of ether oxygens (including phenoxy) is 3. The molecule has 0 saturated carbocycles. The second kappa shape index (κ2) is 12.2. The Morgan fingerprint density at radius 1 is 0.788 bits per heavy atom. The van der Waals surface area contributed by atoms with Crippen LogP contribution in [0.15, 0.2) is 71.7 Å². The van der Waals surface area contributed by atoms with Crippen LogP contribution in [0.3, 0.4) is 0 Å². The van der Waals surface area contributed by atoms with Gasteiger partial charge in [-0.15, -0.1) is 0 Å². The molecule has 0 heterocycles. The lowest BCUT2D eigenvalue weighted by molar-refractivity contribution is 0.404. The van der Waals surface area contributed by atoms with Crippen molar-refractivity contribution in [2.24, 2.45) is 4.99 Å². The first kappa shape index (κ1) is 24.5. The highest BCUT2D eigenvalue weighted by Crippen LogP contribution is 2.31. The molecule has 0 amide bonds. The van der Waals surface area contributed by atoms with E-state index in [2.05, 4.69) is 49.1 Å². The molecule has 6 heteroatoms. The van der Waals surface area contributed by atoms with Gasteiger partial charge in [-0.3, -0.25) is 0 Å². The maximum Gasteiger partial charge on any atom is 0.165 e. The SMILES string of the molecule is CCSC(=Nc1cc(C)ccc1OC)N(Cc1ccc(OC)cc1)Cc1ccc(OC)cc1. The smallest absolute Gasteiger partial charge is 0.165 e. The first-order chi connectivity index (χ1) is 16.1. The van der Waals surface area contributed by atoms with E-state index in [0.29, 0.717) is 0 Å². The van der Waals surface area contributed by atoms with Gasteiger partial charge in [0.15, 0.2) is 5.17 Å². The molecule has 174 valence electrons. The molecule has 3 aromatic rings. The summed E-state index contributed by atoms with van der Waals surface area (Å²) in [5, 5.41) is 0.952. The number of methoxy groups -OCH3 is 3. The first-order valence-electron chi connectivity index (χ1n) is 10.9. The molecular formula is C27H32N2O3S. The summed E-state index contributed by atoms with van der Waals surface area (Å²) in [4.78, 5) is 7.38. The van der Waals surface area contributed by atoms with Crippen molar-refractivity contribution in [2.45, 2.75) is 26.9 Å². The molecule has 0 aliphatic rings. The number of hydrogen-bond acceptors (Lipinski definition) is 5. The molecule has 0 N–H and O–H groups in total. The lowest BCUT2D eigenvalue weighted by Crippen LogP contribution is -2.28. The zero-order chi connectivity index (χ0) is 23.6. The highest BCUT2D eigenvalue weighted by atomic mass is 32.2. The summed E-state index contributed by atoms with van der Waals surface area (Å²) >= 11 is 1.73. The van der Waals surface area contributed by atoms with Crippen molar-refractivity contribution in [3.05, 3.63) is 83.4 Å². The summed E-state index contributed by atoms with van der Waals surface area (Å²) in [7, 11) is 5.05. The van der Waals surface area contributed by atoms with Crippen molar-refractivity contribution in [3.63, 3.8) is 0 Å². The van der Waals surface area contributed by atoms with E-state index in [1.54, 1.807) is 33.1 Å². The Kier molecular flexibility index (Phi) is 9.07. The third-order valence-corrected chi connectivity index (χ3v) is 6.06. The Balaban J connectivity index is 1.99. The van der Waals surface area contributed by atoms with Gasteiger partial charge in [0.25, 0.3) is 0 Å². The van der Waals surface area contributed by atoms with Crippen LogP contribution in [0.2, 0.25) is 0 Å². The Hall–Kier alpha value is -3.12. The van der Waals surface area contributed by atoms with Gasteiger partial charge in [0.1, 0.15) is 22.9 Å². The third kappa shape index (κ3) is 6.93. The molecule has 5 nitrogen and oxygen atoms in total. The summed E-state index contributed by atoms with van der Waals surface area (Å²) in [6.07, 6.45) is 0. The average Bonchev–Trinajstić information content (AvgIpc) is 2.84. The Bertz CT molecular complexity index is 1000. The van der Waals surface area contributed by atoms with E-state index in [1.165, 1.54) is 11.1 Å². The summed E-state index contributed by atoms with van der Waals surface area (Å²) in [6.45, 7) is 5.65. The van der Waals surface area contributed by atoms with Crippen molar-refractivity contribution >= 4 is 22.6 Å². The standard InChI is InChI=1S/C27H32N2O3S/c1-6-33-27(28-25-17-20(2)7-16-26(25)32-5)29(18-21-8-12-23(30-3)13-9-21)19-22-10-14-24(31-4)15-11-22/h7-17H,6,18-19H2,1-5H3. The topological polar surface area (TPSA) is 43.3 Å². The minimum absolute atomic E-state index is 0.718. The van der Waals surface area contributed by atoms with E-state index in [1.807, 2.05) is 36.4 Å². The molecule has 0 aliphatic heterocycles. The van der Waals surface area contributed by atoms with Gasteiger partial charge < -0.3 is 19.1 Å². The highest BCUT2D eigenvalue weighted by molar-refractivity contribution is 8.13. The normalized spacial score (nSPS) is 11.2. The zero-order valence-corrected chi connectivity index (χ0v) is 20.8. The van der Waals surface area contributed by atoms with Crippen LogP contribution in [-0.2, 0) is 13.1 Å². The van der Waals surface area contributed by atoms with Crippen molar-refractivity contribution in [1.82, 2.24) is 4.90 Å². The zero-order valence-electron chi connectivity index (χ0n) is 20.0. The van der Waals surface area contributed by atoms with E-state index in [4.69, 9.17) is 19.2 Å². The van der Waals surface area contributed by atoms with Crippen molar-refractivity contribution in [3.8, 4) is 17.2 Å². The second-order valence-corrected chi connectivity index (χ2v) is 8.79. The molecule has 0 atom stereocenters. The van der Waals surface area contributed by atoms with Gasteiger partial charge in [-0.25, -0.2) is 4.99 Å². The number of aryl methyl sites for hydroxylation is 1. The van der Waals surface area contributed by atoms with Crippen molar-refractivity contribution in [2.75, 3.05) is 27.1 Å². The molecule has 0 saturated heterocycles. The minimum atomic E-state index is 0.718. The highest BCUT2D eigenvalue weighted by Gasteiger charge is 2.15. The van der Waals surface area contributed by atoms with Crippen LogP contribution >= 0.6 is 11.8 Å². The summed E-state index contributed by atoms with van der Waals surface area (Å²) in [6, 6.07) is 22.4. The van der Waals surface area contributed by atoms with E-state index >= 15 is 0 Å². The van der Waals surface area contributed by atoms with Crippen LogP contribution in [0.4, 0.5) is 5.69 Å². The molecular weight excluding hydrogens is 432 g/mol. The number of aliphatic imine (C=N–C) groups is 1. The van der Waals surface area contributed by atoms with Gasteiger partial charge in [-0.2, -0.15) is 0 Å². The number of amidine groups is 1. The minimum Gasteiger partial charge on any atom is -0.497 e. The van der Waals surface area contributed by atoms with Crippen LogP contribution in [0, 0.1) is 6.92 Å². The quantitative estimate of drug-likeness (QED) is 0.268. The maximum absolute atomic E-state index is 5.58. The van der Waals surface area contributed by atoms with Crippen molar-refractivity contribution in [1.29, 1.82) is 0 Å². The molecule has 0 fully saturated rings. The fourth-order valence-corrected chi connectivity index (χ4v) is 4.14. The molecule has 3 rings (SSSR count). The predicted octanol–water partition coefficient (Wildman–Crippen LogP) is 6.46. The fourth-order valence-electron chi connectivity index (χ4n) is 3.41. The molecule has 0 unspecified atom stereocenters. The average molecular weight is 465 g/mol. The van der Waals surface area contributed by atoms with Crippen LogP contribution in [0.1, 0.15) is 23.6 Å². The van der Waals surface area contributed by atoms with Crippen LogP contribution < -0.4 is 14.2 Å². The summed E-state index contributed by atoms with van der Waals surface area (Å²) in [5.74, 6) is 3.38. The maximum atomic E-state index is 5.58. The predicted molar refractivity (Wildman–Crippen MR) is 138 cm³/mol. The molecule has 33 heavy (non-hydrogen) atoms. The fraction of sp³-hybridized carbons (Fsp3) is 0.296. The Morgan fingerprint density at radius 2 is 1.33 bits per heavy atom. The van der Waals surface area contributed by atoms with Crippen LogP contribution in [-0.4, -0.2) is 37.1 Å². The monoisotopic (exact) mass is 464 g/mol. The van der Waals surface area contributed by atoms with Gasteiger partial charge in [-0.1, -0.05) is 49.0 Å². The molecule has 0 radical (unpaired) electrons. The van der Waals surface area contributed by atoms with E-state index in [0.717, 1.165) is 52.5 Å². The van der Waals surface area contributed by atoms with Gasteiger partial charge in [0, 0.05) is 13.1 Å². The summed E-state index contributed by atoms with van der Waals surface area (Å²) < 4.78 is 16.2. The molecule has 0 bridgehead atoms. The van der Waals surface area contributed by atoms with Gasteiger partial charge in [0.05, 0.1) is 21.3 Å². The van der Waals surface area contributed by atoms with Gasteiger partial charge >= 0.3 is 0 Å². The van der Waals surface area contributed by atoms with Crippen LogP contribution in [0.25, 0.3) is 0 Å². The van der Waals surface area contributed by atoms with Gasteiger partial charge in [0.2, 0.25) is 0 Å². The number of hydrogen-bond donors (Lipinski definition) is 0. The largest absolute Gasteiger partial charge is 0.497 e. The Morgan fingerprint density at radius 3 is 1.79 bits per heavy atom. The van der Waals surface area contributed by atoms with Crippen LogP contribution in [0.5, 0.6) is 17.2 Å². The molecule has 0 aliphatic carbocycles. The van der Waals surface area contributed by atoms with E-state index < -0.39 is 0 Å². The third-order valence-electron chi connectivity index (χ3n) is 5.16. The number of nitrogens with zero attached hydrogens (tertiary/aromatic N) is 2. The molecule has 0 aromatic heterocycles. The number of thioether (sulfide) groups is 1. The first-order valence-corrected chi connectivity index (χ1v) is 11.9. The summed E-state index contributed by atoms with van der Waals surface area (Å²) in [5.41, 5.74) is 4.35. The number of rotatable bonds is 9. The number of benzene rings is 3. The lowest BCUT2D eigenvalue weighted by atomic mass is 10.1. The van der Waals surface area contributed by atoms with E-state index in [9.17, 15) is 0 Å². The van der Waals surface area contributed by atoms with E-state index in [-0.39, 0.29) is 0 Å². The lowest BCUT2D eigenvalue weighted by Gasteiger charge is -2.26. The van der Waals surface area contributed by atoms with Gasteiger partial charge in [-0.05, 0) is 65.8 Å². The molecule has 0 spiro atoms. The second-order valence-electron chi connectivity index (χ2n) is 7.55.